The first-order valence-electron chi connectivity index (χ1n) is 11.8. The van der Waals surface area contributed by atoms with Crippen LogP contribution in [0.3, 0.4) is 0 Å². The molecule has 0 rings (SSSR count). The summed E-state index contributed by atoms with van der Waals surface area (Å²) in [7, 11) is 0. The van der Waals surface area contributed by atoms with Gasteiger partial charge in [0.15, 0.2) is 0 Å². The summed E-state index contributed by atoms with van der Waals surface area (Å²) in [6.07, 6.45) is 0.499. The van der Waals surface area contributed by atoms with Gasteiger partial charge in [-0.1, -0.05) is 48.0 Å². The molecule has 0 heterocycles. The second kappa shape index (κ2) is 15.3. The summed E-state index contributed by atoms with van der Waals surface area (Å²) >= 11 is 0. The minimum absolute atomic E-state index is 0.0182. The SMILES string of the molecule is CCC(C)C(N)C(=O)NC(CCC(=O)O)C(=O)NC(CC(C)C)C(=O)NC(CC(C)C)C(=O)O. The fraction of sp³-hybridized carbons (Fsp3) is 0.783. The zero-order chi connectivity index (χ0) is 26.6. The summed E-state index contributed by atoms with van der Waals surface area (Å²) in [6.45, 7) is 11.0. The maximum atomic E-state index is 13.0. The third-order valence-corrected chi connectivity index (χ3v) is 5.50. The Morgan fingerprint density at radius 3 is 1.62 bits per heavy atom. The highest BCUT2D eigenvalue weighted by molar-refractivity contribution is 5.94. The molecule has 0 aliphatic heterocycles. The molecule has 196 valence electrons. The summed E-state index contributed by atoms with van der Waals surface area (Å²) in [5, 5.41) is 26.0. The van der Waals surface area contributed by atoms with Crippen molar-refractivity contribution < 1.29 is 34.2 Å². The van der Waals surface area contributed by atoms with Gasteiger partial charge >= 0.3 is 11.9 Å². The highest BCUT2D eigenvalue weighted by atomic mass is 16.4. The van der Waals surface area contributed by atoms with E-state index in [1.54, 1.807) is 6.92 Å². The summed E-state index contributed by atoms with van der Waals surface area (Å²) < 4.78 is 0. The van der Waals surface area contributed by atoms with Gasteiger partial charge in [0.05, 0.1) is 6.04 Å². The molecule has 0 aliphatic carbocycles. The molecule has 0 spiro atoms. The summed E-state index contributed by atoms with van der Waals surface area (Å²) in [5.74, 6) is -4.46. The summed E-state index contributed by atoms with van der Waals surface area (Å²) in [5.41, 5.74) is 5.93. The van der Waals surface area contributed by atoms with E-state index in [0.717, 1.165) is 0 Å². The van der Waals surface area contributed by atoms with Gasteiger partial charge in [0.2, 0.25) is 17.7 Å². The number of carbonyl (C=O) groups excluding carboxylic acids is 3. The fourth-order valence-corrected chi connectivity index (χ4v) is 3.26. The van der Waals surface area contributed by atoms with Crippen molar-refractivity contribution in [3.63, 3.8) is 0 Å². The van der Waals surface area contributed by atoms with Crippen molar-refractivity contribution in [1.29, 1.82) is 0 Å². The van der Waals surface area contributed by atoms with Crippen molar-refractivity contribution in [3.8, 4) is 0 Å². The Hall–Kier alpha value is -2.69. The Bertz CT molecular complexity index is 711. The fourth-order valence-electron chi connectivity index (χ4n) is 3.26. The first-order chi connectivity index (χ1) is 15.7. The number of hydrogen-bond donors (Lipinski definition) is 6. The van der Waals surface area contributed by atoms with Gasteiger partial charge in [-0.2, -0.15) is 0 Å². The minimum atomic E-state index is -1.22. The Kier molecular flexibility index (Phi) is 14.1. The van der Waals surface area contributed by atoms with Crippen LogP contribution in [0.25, 0.3) is 0 Å². The van der Waals surface area contributed by atoms with Gasteiger partial charge in [-0.3, -0.25) is 19.2 Å². The Morgan fingerprint density at radius 1 is 0.735 bits per heavy atom. The van der Waals surface area contributed by atoms with Crippen molar-refractivity contribution in [2.45, 2.75) is 97.8 Å². The van der Waals surface area contributed by atoms with Crippen LogP contribution >= 0.6 is 0 Å². The molecule has 0 radical (unpaired) electrons. The van der Waals surface area contributed by atoms with Crippen molar-refractivity contribution in [1.82, 2.24) is 16.0 Å². The maximum absolute atomic E-state index is 13.0. The molecule has 0 aromatic carbocycles. The van der Waals surface area contributed by atoms with Crippen LogP contribution in [0, 0.1) is 17.8 Å². The van der Waals surface area contributed by atoms with Crippen LogP contribution in [0.1, 0.15) is 73.6 Å². The molecule has 0 aromatic rings. The van der Waals surface area contributed by atoms with E-state index in [1.165, 1.54) is 0 Å². The lowest BCUT2D eigenvalue weighted by molar-refractivity contribution is -0.143. The Morgan fingerprint density at radius 2 is 1.18 bits per heavy atom. The van der Waals surface area contributed by atoms with E-state index in [-0.39, 0.29) is 43.4 Å². The highest BCUT2D eigenvalue weighted by Gasteiger charge is 2.31. The first-order valence-corrected chi connectivity index (χ1v) is 11.8. The maximum Gasteiger partial charge on any atom is 0.326 e. The van der Waals surface area contributed by atoms with Crippen molar-refractivity contribution >= 4 is 29.7 Å². The third-order valence-electron chi connectivity index (χ3n) is 5.50. The van der Waals surface area contributed by atoms with Gasteiger partial charge in [-0.05, 0) is 37.0 Å². The van der Waals surface area contributed by atoms with Crippen LogP contribution in [0.5, 0.6) is 0 Å². The molecule has 0 aliphatic rings. The number of amides is 3. The lowest BCUT2D eigenvalue weighted by atomic mass is 9.98. The lowest BCUT2D eigenvalue weighted by Crippen LogP contribution is -2.58. The molecule has 5 atom stereocenters. The molecular formula is C23H42N4O7. The topological polar surface area (TPSA) is 188 Å². The standard InChI is InChI=1S/C23H42N4O7/c1-7-14(6)19(24)22(32)25-15(8-9-18(28)29)20(30)26-16(10-12(2)3)21(31)27-17(23(33)34)11-13(4)5/h12-17,19H,7-11,24H2,1-6H3,(H,25,32)(H,26,30)(H,27,31)(H,28,29)(H,33,34). The molecular weight excluding hydrogens is 444 g/mol. The normalized spacial score (nSPS) is 15.7. The van der Waals surface area contributed by atoms with E-state index < -0.39 is 53.8 Å². The lowest BCUT2D eigenvalue weighted by Gasteiger charge is -2.27. The van der Waals surface area contributed by atoms with E-state index in [9.17, 15) is 29.1 Å². The van der Waals surface area contributed by atoms with Gasteiger partial charge in [-0.15, -0.1) is 0 Å². The summed E-state index contributed by atoms with van der Waals surface area (Å²) in [6, 6.07) is -4.27. The van der Waals surface area contributed by atoms with E-state index in [4.69, 9.17) is 10.8 Å². The smallest absolute Gasteiger partial charge is 0.326 e. The van der Waals surface area contributed by atoms with Gasteiger partial charge < -0.3 is 31.9 Å². The van der Waals surface area contributed by atoms with Gasteiger partial charge in [0.1, 0.15) is 18.1 Å². The van der Waals surface area contributed by atoms with E-state index in [1.807, 2.05) is 34.6 Å². The molecule has 0 fully saturated rings. The number of nitrogens with one attached hydrogen (secondary N) is 3. The number of aliphatic carboxylic acids is 2. The predicted molar refractivity (Wildman–Crippen MR) is 127 cm³/mol. The molecule has 0 saturated carbocycles. The van der Waals surface area contributed by atoms with Crippen LogP contribution < -0.4 is 21.7 Å². The number of carboxylic acids is 2. The van der Waals surface area contributed by atoms with Crippen molar-refractivity contribution in [2.24, 2.45) is 23.5 Å². The highest BCUT2D eigenvalue weighted by Crippen LogP contribution is 2.11. The minimum Gasteiger partial charge on any atom is -0.481 e. The molecule has 11 heteroatoms. The monoisotopic (exact) mass is 486 g/mol. The van der Waals surface area contributed by atoms with Crippen LogP contribution in [-0.4, -0.2) is 64.0 Å². The number of nitrogens with two attached hydrogens (primary N) is 1. The van der Waals surface area contributed by atoms with Gasteiger partial charge in [-0.25, -0.2) is 4.79 Å². The first kappa shape index (κ1) is 31.3. The molecule has 5 unspecified atom stereocenters. The van der Waals surface area contributed by atoms with Crippen molar-refractivity contribution in [2.75, 3.05) is 0 Å². The van der Waals surface area contributed by atoms with E-state index >= 15 is 0 Å². The van der Waals surface area contributed by atoms with Crippen LogP contribution in [-0.2, 0) is 24.0 Å². The number of carbonyl (C=O) groups is 5. The van der Waals surface area contributed by atoms with Crippen LogP contribution in [0.4, 0.5) is 0 Å². The third kappa shape index (κ3) is 12.0. The van der Waals surface area contributed by atoms with Gasteiger partial charge in [0.25, 0.3) is 0 Å². The van der Waals surface area contributed by atoms with E-state index in [2.05, 4.69) is 16.0 Å². The second-order valence-electron chi connectivity index (χ2n) is 9.62. The molecule has 0 aromatic heterocycles. The number of rotatable bonds is 16. The molecule has 0 saturated heterocycles. The Labute approximate surface area is 201 Å². The van der Waals surface area contributed by atoms with Crippen LogP contribution in [0.15, 0.2) is 0 Å². The van der Waals surface area contributed by atoms with E-state index in [0.29, 0.717) is 6.42 Å². The Balaban J connectivity index is 5.60. The average Bonchev–Trinajstić information content (AvgIpc) is 2.73. The molecule has 0 bridgehead atoms. The molecule has 11 nitrogen and oxygen atoms in total. The quantitative estimate of drug-likeness (QED) is 0.185. The molecule has 3 amide bonds. The number of carboxylic acid groups (broad SMARTS) is 2. The number of hydrogen-bond acceptors (Lipinski definition) is 6. The summed E-state index contributed by atoms with van der Waals surface area (Å²) in [4.78, 5) is 61.0. The predicted octanol–water partition coefficient (Wildman–Crippen LogP) is 0.856. The van der Waals surface area contributed by atoms with Crippen molar-refractivity contribution in [3.05, 3.63) is 0 Å². The van der Waals surface area contributed by atoms with Gasteiger partial charge in [0, 0.05) is 6.42 Å². The second-order valence-corrected chi connectivity index (χ2v) is 9.62. The molecule has 7 N–H and O–H groups in total. The zero-order valence-electron chi connectivity index (χ0n) is 21.1. The largest absolute Gasteiger partial charge is 0.481 e. The molecule has 34 heavy (non-hydrogen) atoms. The zero-order valence-corrected chi connectivity index (χ0v) is 21.1. The van der Waals surface area contributed by atoms with Crippen LogP contribution in [0.2, 0.25) is 0 Å². The average molecular weight is 487 g/mol.